The Bertz CT molecular complexity index is 651. The van der Waals surface area contributed by atoms with Gasteiger partial charge in [-0.3, -0.25) is 4.98 Å². The van der Waals surface area contributed by atoms with Crippen LogP contribution < -0.4 is 5.32 Å². The third-order valence-corrected chi connectivity index (χ3v) is 3.75. The summed E-state index contributed by atoms with van der Waals surface area (Å²) in [5.74, 6) is 0. The lowest BCUT2D eigenvalue weighted by molar-refractivity contribution is 0.592. The van der Waals surface area contributed by atoms with Crippen LogP contribution in [0.4, 0.5) is 0 Å². The Balaban J connectivity index is 1.81. The molecule has 2 heteroatoms. The third-order valence-electron chi connectivity index (χ3n) is 3.75. The minimum absolute atomic E-state index is 0.101. The second kappa shape index (κ2) is 7.01. The lowest BCUT2D eigenvalue weighted by Crippen LogP contribution is -2.22. The van der Waals surface area contributed by atoms with Crippen LogP contribution in [0.25, 0.3) is 0 Å². The van der Waals surface area contributed by atoms with Gasteiger partial charge in [0.2, 0.25) is 0 Å². The summed E-state index contributed by atoms with van der Waals surface area (Å²) < 4.78 is 0. The fraction of sp³-hybridized carbons (Fsp3) is 0.150. The van der Waals surface area contributed by atoms with E-state index in [1.165, 1.54) is 16.7 Å². The largest absolute Gasteiger partial charge is 0.301 e. The lowest BCUT2D eigenvalue weighted by atomic mass is 10.0. The Kier molecular flexibility index (Phi) is 4.62. The number of hydrogen-bond donors (Lipinski definition) is 1. The zero-order valence-electron chi connectivity index (χ0n) is 12.7. The molecular formula is C20H20N2. The van der Waals surface area contributed by atoms with Crippen molar-refractivity contribution in [2.45, 2.75) is 19.5 Å². The molecule has 2 aromatic carbocycles. The van der Waals surface area contributed by atoms with Crippen LogP contribution in [0.2, 0.25) is 0 Å². The molecule has 0 fully saturated rings. The van der Waals surface area contributed by atoms with E-state index in [1.54, 1.807) is 0 Å². The van der Waals surface area contributed by atoms with Crippen LogP contribution in [0.1, 0.15) is 28.4 Å². The minimum atomic E-state index is 0.101. The molecule has 3 rings (SSSR count). The molecule has 1 unspecified atom stereocenters. The summed E-state index contributed by atoms with van der Waals surface area (Å²) in [6.07, 6.45) is 1.85. The van der Waals surface area contributed by atoms with Crippen molar-refractivity contribution in [1.82, 2.24) is 10.3 Å². The molecule has 1 aromatic heterocycles. The van der Waals surface area contributed by atoms with Crippen LogP contribution in [-0.2, 0) is 6.54 Å². The van der Waals surface area contributed by atoms with Gasteiger partial charge in [0.15, 0.2) is 0 Å². The van der Waals surface area contributed by atoms with E-state index in [0.29, 0.717) is 0 Å². The van der Waals surface area contributed by atoms with Crippen molar-refractivity contribution in [3.63, 3.8) is 0 Å². The van der Waals surface area contributed by atoms with Crippen LogP contribution in [0.5, 0.6) is 0 Å². The van der Waals surface area contributed by atoms with Gasteiger partial charge in [-0.15, -0.1) is 0 Å². The molecular weight excluding hydrogens is 268 g/mol. The highest BCUT2D eigenvalue weighted by Gasteiger charge is 2.14. The van der Waals surface area contributed by atoms with E-state index in [2.05, 4.69) is 71.8 Å². The van der Waals surface area contributed by atoms with Crippen molar-refractivity contribution in [3.05, 3.63) is 101 Å². The van der Waals surface area contributed by atoms with Crippen LogP contribution in [0, 0.1) is 6.92 Å². The average Bonchev–Trinajstić information content (AvgIpc) is 2.59. The zero-order valence-corrected chi connectivity index (χ0v) is 12.7. The van der Waals surface area contributed by atoms with Gasteiger partial charge in [-0.2, -0.15) is 0 Å². The molecule has 22 heavy (non-hydrogen) atoms. The van der Waals surface area contributed by atoms with Gasteiger partial charge in [-0.1, -0.05) is 66.2 Å². The van der Waals surface area contributed by atoms with Crippen molar-refractivity contribution in [3.8, 4) is 0 Å². The van der Waals surface area contributed by atoms with Crippen molar-refractivity contribution in [1.29, 1.82) is 0 Å². The van der Waals surface area contributed by atoms with Crippen LogP contribution >= 0.6 is 0 Å². The molecule has 110 valence electrons. The molecule has 0 aliphatic heterocycles. The summed E-state index contributed by atoms with van der Waals surface area (Å²) in [6.45, 7) is 2.92. The van der Waals surface area contributed by atoms with E-state index in [1.807, 2.05) is 24.4 Å². The summed E-state index contributed by atoms with van der Waals surface area (Å²) in [5.41, 5.74) is 4.84. The minimum Gasteiger partial charge on any atom is -0.301 e. The lowest BCUT2D eigenvalue weighted by Gasteiger charge is -2.19. The Morgan fingerprint density at radius 1 is 0.864 bits per heavy atom. The van der Waals surface area contributed by atoms with Crippen LogP contribution in [0.15, 0.2) is 79.0 Å². The second-order valence-corrected chi connectivity index (χ2v) is 5.46. The number of rotatable bonds is 5. The van der Waals surface area contributed by atoms with Gasteiger partial charge in [0.05, 0.1) is 11.7 Å². The molecule has 0 aliphatic carbocycles. The first-order valence-electron chi connectivity index (χ1n) is 7.58. The highest BCUT2D eigenvalue weighted by Crippen LogP contribution is 2.20. The predicted molar refractivity (Wildman–Crippen MR) is 90.5 cm³/mol. The first kappa shape index (κ1) is 14.5. The standard InChI is InChI=1S/C20H20N2/c1-16-10-12-17(13-11-16)15-22-20(18-7-3-2-4-8-18)19-9-5-6-14-21-19/h2-14,20,22H,15H2,1H3. The summed E-state index contributed by atoms with van der Waals surface area (Å²) in [5, 5.41) is 3.63. The number of pyridine rings is 1. The van der Waals surface area contributed by atoms with E-state index >= 15 is 0 Å². The van der Waals surface area contributed by atoms with E-state index in [-0.39, 0.29) is 6.04 Å². The first-order chi connectivity index (χ1) is 10.8. The van der Waals surface area contributed by atoms with Gasteiger partial charge in [0, 0.05) is 12.7 Å². The summed E-state index contributed by atoms with van der Waals surface area (Å²) in [6, 6.07) is 25.2. The third kappa shape index (κ3) is 3.60. The van der Waals surface area contributed by atoms with Gasteiger partial charge in [-0.05, 0) is 30.2 Å². The average molecular weight is 288 g/mol. The number of benzene rings is 2. The molecule has 0 spiro atoms. The highest BCUT2D eigenvalue weighted by atomic mass is 14.9. The SMILES string of the molecule is Cc1ccc(CNC(c2ccccc2)c2ccccn2)cc1. The molecule has 0 radical (unpaired) electrons. The normalized spacial score (nSPS) is 12.0. The predicted octanol–water partition coefficient (Wildman–Crippen LogP) is 4.27. The maximum absolute atomic E-state index is 4.52. The Morgan fingerprint density at radius 2 is 1.59 bits per heavy atom. The maximum atomic E-state index is 4.52. The van der Waals surface area contributed by atoms with Crippen LogP contribution in [-0.4, -0.2) is 4.98 Å². The van der Waals surface area contributed by atoms with Crippen molar-refractivity contribution in [2.75, 3.05) is 0 Å². The summed E-state index contributed by atoms with van der Waals surface area (Å²) >= 11 is 0. The Morgan fingerprint density at radius 3 is 2.27 bits per heavy atom. The number of nitrogens with one attached hydrogen (secondary N) is 1. The fourth-order valence-electron chi connectivity index (χ4n) is 2.51. The zero-order chi connectivity index (χ0) is 15.2. The van der Waals surface area contributed by atoms with E-state index in [9.17, 15) is 0 Å². The number of nitrogens with zero attached hydrogens (tertiary/aromatic N) is 1. The fourth-order valence-corrected chi connectivity index (χ4v) is 2.51. The maximum Gasteiger partial charge on any atom is 0.0754 e. The first-order valence-corrected chi connectivity index (χ1v) is 7.58. The number of hydrogen-bond acceptors (Lipinski definition) is 2. The smallest absolute Gasteiger partial charge is 0.0754 e. The van der Waals surface area contributed by atoms with Gasteiger partial charge in [0.25, 0.3) is 0 Å². The molecule has 0 bridgehead atoms. The van der Waals surface area contributed by atoms with Gasteiger partial charge < -0.3 is 5.32 Å². The molecule has 0 aliphatic rings. The summed E-state index contributed by atoms with van der Waals surface area (Å²) in [7, 11) is 0. The van der Waals surface area contributed by atoms with Crippen molar-refractivity contribution in [2.24, 2.45) is 0 Å². The molecule has 0 saturated heterocycles. The quantitative estimate of drug-likeness (QED) is 0.758. The van der Waals surface area contributed by atoms with Crippen LogP contribution in [0.3, 0.4) is 0 Å². The second-order valence-electron chi connectivity index (χ2n) is 5.46. The van der Waals surface area contributed by atoms with E-state index < -0.39 is 0 Å². The molecule has 1 N–H and O–H groups in total. The van der Waals surface area contributed by atoms with Gasteiger partial charge in [0.1, 0.15) is 0 Å². The topological polar surface area (TPSA) is 24.9 Å². The van der Waals surface area contributed by atoms with Gasteiger partial charge >= 0.3 is 0 Å². The van der Waals surface area contributed by atoms with E-state index in [4.69, 9.17) is 0 Å². The molecule has 1 atom stereocenters. The van der Waals surface area contributed by atoms with Crippen molar-refractivity contribution >= 4 is 0 Å². The number of aryl methyl sites for hydroxylation is 1. The molecule has 0 saturated carbocycles. The molecule has 2 nitrogen and oxygen atoms in total. The Labute approximate surface area is 131 Å². The molecule has 1 heterocycles. The van der Waals surface area contributed by atoms with E-state index in [0.717, 1.165) is 12.2 Å². The monoisotopic (exact) mass is 288 g/mol. The highest BCUT2D eigenvalue weighted by molar-refractivity contribution is 5.28. The number of aromatic nitrogens is 1. The summed E-state index contributed by atoms with van der Waals surface area (Å²) in [4.78, 5) is 4.52. The molecule has 3 aromatic rings. The van der Waals surface area contributed by atoms with Crippen molar-refractivity contribution < 1.29 is 0 Å². The Hall–Kier alpha value is -2.45. The molecule has 0 amide bonds. The van der Waals surface area contributed by atoms with Gasteiger partial charge in [-0.25, -0.2) is 0 Å².